The summed E-state index contributed by atoms with van der Waals surface area (Å²) in [5, 5.41) is 1.92. The normalized spacial score (nSPS) is 19.7. The predicted octanol–water partition coefficient (Wildman–Crippen LogP) is 2.87. The maximum absolute atomic E-state index is 12.9. The van der Waals surface area contributed by atoms with Gasteiger partial charge in [-0.2, -0.15) is 0 Å². The van der Waals surface area contributed by atoms with Crippen LogP contribution < -0.4 is 4.90 Å². The molecule has 4 rings (SSSR count). The molecular weight excluding hydrogens is 358 g/mol. The first-order valence-corrected chi connectivity index (χ1v) is 10.5. The molecule has 6 heteroatoms. The zero-order valence-electron chi connectivity index (χ0n) is 15.6. The Bertz CT molecular complexity index is 813. The van der Waals surface area contributed by atoms with Crippen molar-refractivity contribution in [2.75, 3.05) is 37.6 Å². The second-order valence-electron chi connectivity index (χ2n) is 7.29. The van der Waals surface area contributed by atoms with Crippen LogP contribution in [0, 0.1) is 0 Å². The molecule has 3 heterocycles. The molecule has 2 aliphatic heterocycles. The topological polar surface area (TPSA) is 43.9 Å². The molecule has 0 radical (unpaired) electrons. The highest BCUT2D eigenvalue weighted by molar-refractivity contribution is 7.12. The Balaban J connectivity index is 1.37. The van der Waals surface area contributed by atoms with E-state index in [-0.39, 0.29) is 11.8 Å². The Labute approximate surface area is 164 Å². The Morgan fingerprint density at radius 1 is 1.04 bits per heavy atom. The number of fused-ring (bicyclic) bond motifs is 1. The first-order valence-electron chi connectivity index (χ1n) is 9.58. The lowest BCUT2D eigenvalue weighted by Gasteiger charge is -2.39. The molecule has 1 aromatic heterocycles. The van der Waals surface area contributed by atoms with Gasteiger partial charge >= 0.3 is 0 Å². The van der Waals surface area contributed by atoms with E-state index in [1.54, 1.807) is 0 Å². The van der Waals surface area contributed by atoms with Gasteiger partial charge in [0, 0.05) is 37.9 Å². The second kappa shape index (κ2) is 7.72. The number of hydrogen-bond donors (Lipinski definition) is 0. The van der Waals surface area contributed by atoms with Crippen molar-refractivity contribution < 1.29 is 9.59 Å². The minimum Gasteiger partial charge on any atom is -0.359 e. The van der Waals surface area contributed by atoms with Gasteiger partial charge in [-0.15, -0.1) is 11.3 Å². The lowest BCUT2D eigenvalue weighted by molar-refractivity contribution is -0.131. The molecular formula is C21H25N3O2S. The van der Waals surface area contributed by atoms with Gasteiger partial charge < -0.3 is 14.7 Å². The average molecular weight is 384 g/mol. The van der Waals surface area contributed by atoms with Gasteiger partial charge in [-0.3, -0.25) is 9.59 Å². The summed E-state index contributed by atoms with van der Waals surface area (Å²) < 4.78 is 0. The number of nitrogens with zero attached hydrogens (tertiary/aromatic N) is 3. The lowest BCUT2D eigenvalue weighted by Crippen LogP contribution is -2.53. The minimum atomic E-state index is 0.0793. The Hall–Kier alpha value is -2.34. The number of amides is 2. The van der Waals surface area contributed by atoms with Crippen LogP contribution in [0.5, 0.6) is 0 Å². The quantitative estimate of drug-likeness (QED) is 0.819. The van der Waals surface area contributed by atoms with E-state index in [4.69, 9.17) is 0 Å². The van der Waals surface area contributed by atoms with E-state index in [1.165, 1.54) is 22.6 Å². The van der Waals surface area contributed by atoms with Crippen molar-refractivity contribution >= 4 is 28.8 Å². The molecule has 0 unspecified atom stereocenters. The third kappa shape index (κ3) is 3.72. The van der Waals surface area contributed by atoms with Crippen molar-refractivity contribution in [2.24, 2.45) is 0 Å². The van der Waals surface area contributed by atoms with E-state index in [1.807, 2.05) is 33.4 Å². The molecule has 1 aromatic carbocycles. The fourth-order valence-corrected chi connectivity index (χ4v) is 4.65. The van der Waals surface area contributed by atoms with Gasteiger partial charge in [-0.25, -0.2) is 0 Å². The smallest absolute Gasteiger partial charge is 0.264 e. The third-order valence-corrected chi connectivity index (χ3v) is 6.48. The summed E-state index contributed by atoms with van der Waals surface area (Å²) >= 11 is 1.47. The van der Waals surface area contributed by atoms with Crippen molar-refractivity contribution in [1.82, 2.24) is 9.80 Å². The number of rotatable bonds is 3. The van der Waals surface area contributed by atoms with Crippen LogP contribution in [0.25, 0.3) is 0 Å². The molecule has 0 aliphatic carbocycles. The molecule has 27 heavy (non-hydrogen) atoms. The van der Waals surface area contributed by atoms with Gasteiger partial charge in [0.15, 0.2) is 0 Å². The number of aryl methyl sites for hydroxylation is 1. The summed E-state index contributed by atoms with van der Waals surface area (Å²) in [6.45, 7) is 5.04. The Morgan fingerprint density at radius 3 is 2.52 bits per heavy atom. The molecule has 2 aromatic rings. The maximum Gasteiger partial charge on any atom is 0.264 e. The summed E-state index contributed by atoms with van der Waals surface area (Å²) in [6, 6.07) is 12.5. The highest BCUT2D eigenvalue weighted by Gasteiger charge is 2.29. The van der Waals surface area contributed by atoms with Gasteiger partial charge in [-0.1, -0.05) is 24.3 Å². The van der Waals surface area contributed by atoms with E-state index < -0.39 is 0 Å². The molecule has 2 amide bonds. The zero-order valence-corrected chi connectivity index (χ0v) is 16.5. The summed E-state index contributed by atoms with van der Waals surface area (Å²) in [6.07, 6.45) is 2.15. The van der Waals surface area contributed by atoms with Crippen LogP contribution in [0.15, 0.2) is 41.8 Å². The van der Waals surface area contributed by atoms with Gasteiger partial charge in [0.05, 0.1) is 11.4 Å². The highest BCUT2D eigenvalue weighted by atomic mass is 32.1. The van der Waals surface area contributed by atoms with Crippen LogP contribution in [0.1, 0.15) is 28.6 Å². The number of piperazine rings is 1. The van der Waals surface area contributed by atoms with Crippen molar-refractivity contribution in [3.05, 3.63) is 52.2 Å². The van der Waals surface area contributed by atoms with E-state index in [9.17, 15) is 9.59 Å². The Kier molecular flexibility index (Phi) is 5.16. The predicted molar refractivity (Wildman–Crippen MR) is 108 cm³/mol. The van der Waals surface area contributed by atoms with Crippen LogP contribution >= 0.6 is 11.3 Å². The number of carbonyl (C=O) groups excluding carboxylic acids is 2. The number of thiophene rings is 1. The molecule has 5 nitrogen and oxygen atoms in total. The molecule has 0 bridgehead atoms. The number of anilines is 1. The van der Waals surface area contributed by atoms with Crippen LogP contribution in [0.4, 0.5) is 5.69 Å². The van der Waals surface area contributed by atoms with Gasteiger partial charge in [0.2, 0.25) is 5.91 Å². The van der Waals surface area contributed by atoms with Gasteiger partial charge in [0.25, 0.3) is 5.91 Å². The first-order chi connectivity index (χ1) is 13.1. The number of benzene rings is 1. The summed E-state index contributed by atoms with van der Waals surface area (Å²) in [5.41, 5.74) is 2.52. The maximum atomic E-state index is 12.9. The van der Waals surface area contributed by atoms with E-state index >= 15 is 0 Å². The molecule has 0 spiro atoms. The first kappa shape index (κ1) is 18.0. The van der Waals surface area contributed by atoms with Crippen molar-refractivity contribution in [1.29, 1.82) is 0 Å². The molecule has 2 aliphatic rings. The number of hydrogen-bond acceptors (Lipinski definition) is 4. The zero-order chi connectivity index (χ0) is 18.8. The van der Waals surface area contributed by atoms with Crippen molar-refractivity contribution in [3.8, 4) is 0 Å². The largest absolute Gasteiger partial charge is 0.359 e. The monoisotopic (exact) mass is 383 g/mol. The second-order valence-corrected chi connectivity index (χ2v) is 8.24. The van der Waals surface area contributed by atoms with Gasteiger partial charge in [-0.05, 0) is 42.8 Å². The van der Waals surface area contributed by atoms with Crippen LogP contribution in [0.2, 0.25) is 0 Å². The van der Waals surface area contributed by atoms with Crippen molar-refractivity contribution in [3.63, 3.8) is 0 Å². The van der Waals surface area contributed by atoms with Crippen LogP contribution in [-0.4, -0.2) is 60.4 Å². The van der Waals surface area contributed by atoms with Crippen LogP contribution in [0.3, 0.4) is 0 Å². The lowest BCUT2D eigenvalue weighted by atomic mass is 9.96. The van der Waals surface area contributed by atoms with Crippen LogP contribution in [-0.2, 0) is 11.2 Å². The van der Waals surface area contributed by atoms with E-state index in [0.29, 0.717) is 38.8 Å². The molecule has 142 valence electrons. The summed E-state index contributed by atoms with van der Waals surface area (Å²) in [4.78, 5) is 32.1. The fourth-order valence-electron chi connectivity index (χ4n) is 3.96. The standard InChI is InChI=1S/C21H25N3O2S/c1-16-8-9-17-5-2-3-6-18(17)24(16)15-20(25)22-10-12-23(13-11-22)21(26)19-7-4-14-27-19/h2-7,14,16H,8-13,15H2,1H3/t16-/m0/s1. The molecule has 0 N–H and O–H groups in total. The summed E-state index contributed by atoms with van der Waals surface area (Å²) in [5.74, 6) is 0.234. The highest BCUT2D eigenvalue weighted by Crippen LogP contribution is 2.30. The SMILES string of the molecule is C[C@H]1CCc2ccccc2N1CC(=O)N1CCN(C(=O)c2cccs2)CC1. The van der Waals surface area contributed by atoms with E-state index in [0.717, 1.165) is 17.7 Å². The Morgan fingerprint density at radius 2 is 1.78 bits per heavy atom. The fraction of sp³-hybridized carbons (Fsp3) is 0.429. The molecule has 1 atom stereocenters. The third-order valence-electron chi connectivity index (χ3n) is 5.62. The average Bonchev–Trinajstić information content (AvgIpc) is 3.24. The van der Waals surface area contributed by atoms with E-state index in [2.05, 4.69) is 30.0 Å². The molecule has 1 fully saturated rings. The van der Waals surface area contributed by atoms with Gasteiger partial charge in [0.1, 0.15) is 0 Å². The number of para-hydroxylation sites is 1. The summed E-state index contributed by atoms with van der Waals surface area (Å²) in [7, 11) is 0. The number of carbonyl (C=O) groups is 2. The molecule has 1 saturated heterocycles. The van der Waals surface area contributed by atoms with Crippen molar-refractivity contribution in [2.45, 2.75) is 25.8 Å². The minimum absolute atomic E-state index is 0.0793. The molecule has 0 saturated carbocycles.